The number of benzene rings is 1. The first kappa shape index (κ1) is 14.8. The number of nitrogens with zero attached hydrogens (tertiary/aromatic N) is 2. The summed E-state index contributed by atoms with van der Waals surface area (Å²) in [7, 11) is 1.86. The van der Waals surface area contributed by atoms with Gasteiger partial charge in [-0.05, 0) is 25.5 Å². The van der Waals surface area contributed by atoms with Gasteiger partial charge in [0.15, 0.2) is 0 Å². The highest BCUT2D eigenvalue weighted by molar-refractivity contribution is 7.80. The molecule has 0 aliphatic rings. The maximum atomic E-state index is 6.22. The molecule has 1 aromatic carbocycles. The lowest BCUT2D eigenvalue weighted by Gasteiger charge is -2.18. The normalized spacial score (nSPS) is 12.2. The van der Waals surface area contributed by atoms with Gasteiger partial charge in [-0.3, -0.25) is 4.68 Å². The van der Waals surface area contributed by atoms with E-state index in [1.165, 1.54) is 0 Å². The van der Waals surface area contributed by atoms with Crippen molar-refractivity contribution in [3.05, 3.63) is 46.1 Å². The second kappa shape index (κ2) is 5.81. The third-order valence-electron chi connectivity index (χ3n) is 3.19. The molecule has 0 amide bonds. The summed E-state index contributed by atoms with van der Waals surface area (Å²) in [5, 5.41) is 8.47. The molecule has 0 aliphatic carbocycles. The van der Waals surface area contributed by atoms with Crippen LogP contribution in [0.25, 0.3) is 0 Å². The van der Waals surface area contributed by atoms with Gasteiger partial charge >= 0.3 is 0 Å². The fourth-order valence-electron chi connectivity index (χ4n) is 2.23. The van der Waals surface area contributed by atoms with Gasteiger partial charge in [-0.15, -0.1) is 0 Å². The predicted molar refractivity (Wildman–Crippen MR) is 87.3 cm³/mol. The number of nitrogens with two attached hydrogens (primary N) is 1. The van der Waals surface area contributed by atoms with Crippen LogP contribution in [0.2, 0.25) is 5.02 Å². The monoisotopic (exact) mass is 308 g/mol. The van der Waals surface area contributed by atoms with Gasteiger partial charge in [0.2, 0.25) is 0 Å². The molecule has 0 saturated carbocycles. The van der Waals surface area contributed by atoms with E-state index in [4.69, 9.17) is 29.6 Å². The lowest BCUT2D eigenvalue weighted by atomic mass is 10.1. The van der Waals surface area contributed by atoms with Gasteiger partial charge in [-0.25, -0.2) is 0 Å². The summed E-state index contributed by atoms with van der Waals surface area (Å²) in [4.78, 5) is 0.337. The van der Waals surface area contributed by atoms with E-state index >= 15 is 0 Å². The minimum absolute atomic E-state index is 0.0200. The fourth-order valence-corrected chi connectivity index (χ4v) is 2.77. The number of aryl methyl sites for hydroxylation is 2. The van der Waals surface area contributed by atoms with E-state index < -0.39 is 0 Å². The number of thiocarbonyl (C=S) groups is 1. The minimum Gasteiger partial charge on any atom is -0.389 e. The summed E-state index contributed by atoms with van der Waals surface area (Å²) in [6, 6.07) is 7.75. The molecule has 1 unspecified atom stereocenters. The van der Waals surface area contributed by atoms with E-state index in [0.717, 1.165) is 27.7 Å². The summed E-state index contributed by atoms with van der Waals surface area (Å²) in [6.45, 7) is 3.92. The first-order valence-electron chi connectivity index (χ1n) is 6.26. The molecule has 0 spiro atoms. The number of halogens is 1. The van der Waals surface area contributed by atoms with E-state index in [0.29, 0.717) is 4.99 Å². The van der Waals surface area contributed by atoms with Gasteiger partial charge < -0.3 is 11.1 Å². The molecule has 3 N–H and O–H groups in total. The van der Waals surface area contributed by atoms with Crippen LogP contribution in [0.4, 0.5) is 5.82 Å². The molecular formula is C14H17ClN4S. The Morgan fingerprint density at radius 2 is 2.10 bits per heavy atom. The van der Waals surface area contributed by atoms with Crippen molar-refractivity contribution >= 4 is 34.6 Å². The summed E-state index contributed by atoms with van der Waals surface area (Å²) in [5.41, 5.74) is 8.39. The molecule has 1 heterocycles. The van der Waals surface area contributed by atoms with Crippen molar-refractivity contribution < 1.29 is 0 Å². The number of hydrogen-bond acceptors (Lipinski definition) is 3. The number of rotatable bonds is 4. The number of aromatic nitrogens is 2. The standard InChI is InChI=1S/C14H17ClN4S/c1-8(10-6-4-5-7-11(10)15)17-14-12(13(16)20)9(2)18-19(14)3/h4-8,17H,1-3H3,(H2,16,20). The van der Waals surface area contributed by atoms with E-state index in [1.54, 1.807) is 4.68 Å². The van der Waals surface area contributed by atoms with Crippen molar-refractivity contribution in [2.75, 3.05) is 5.32 Å². The Balaban J connectivity index is 2.36. The van der Waals surface area contributed by atoms with Crippen LogP contribution in [0, 0.1) is 6.92 Å². The van der Waals surface area contributed by atoms with Crippen molar-refractivity contribution in [2.24, 2.45) is 12.8 Å². The van der Waals surface area contributed by atoms with Crippen LogP contribution in [-0.4, -0.2) is 14.8 Å². The smallest absolute Gasteiger partial charge is 0.135 e. The van der Waals surface area contributed by atoms with E-state index in [2.05, 4.69) is 10.4 Å². The molecule has 106 valence electrons. The highest BCUT2D eigenvalue weighted by Gasteiger charge is 2.18. The van der Waals surface area contributed by atoms with Gasteiger partial charge in [0.05, 0.1) is 17.3 Å². The second-order valence-corrected chi connectivity index (χ2v) is 5.53. The summed E-state index contributed by atoms with van der Waals surface area (Å²) < 4.78 is 1.75. The molecule has 2 rings (SSSR count). The molecule has 0 fully saturated rings. The van der Waals surface area contributed by atoms with Crippen LogP contribution in [0.5, 0.6) is 0 Å². The first-order valence-corrected chi connectivity index (χ1v) is 7.04. The maximum absolute atomic E-state index is 6.22. The van der Waals surface area contributed by atoms with Crippen LogP contribution < -0.4 is 11.1 Å². The second-order valence-electron chi connectivity index (χ2n) is 4.68. The Bertz CT molecular complexity index is 651. The predicted octanol–water partition coefficient (Wildman–Crippen LogP) is 3.19. The van der Waals surface area contributed by atoms with Crippen LogP contribution >= 0.6 is 23.8 Å². The first-order chi connectivity index (χ1) is 9.41. The molecule has 0 aliphatic heterocycles. The average Bonchev–Trinajstić information content (AvgIpc) is 2.64. The topological polar surface area (TPSA) is 55.9 Å². The molecular weight excluding hydrogens is 292 g/mol. The van der Waals surface area contributed by atoms with E-state index in [9.17, 15) is 0 Å². The fraction of sp³-hybridized carbons (Fsp3) is 0.286. The molecule has 1 atom stereocenters. The van der Waals surface area contributed by atoms with E-state index in [-0.39, 0.29) is 6.04 Å². The maximum Gasteiger partial charge on any atom is 0.135 e. The molecule has 6 heteroatoms. The largest absolute Gasteiger partial charge is 0.389 e. The number of anilines is 1. The van der Waals surface area contributed by atoms with Crippen molar-refractivity contribution in [3.63, 3.8) is 0 Å². The van der Waals surface area contributed by atoms with Crippen molar-refractivity contribution in [2.45, 2.75) is 19.9 Å². The van der Waals surface area contributed by atoms with Gasteiger partial charge in [0.25, 0.3) is 0 Å². The molecule has 20 heavy (non-hydrogen) atoms. The van der Waals surface area contributed by atoms with Gasteiger partial charge in [-0.2, -0.15) is 5.10 Å². The zero-order chi connectivity index (χ0) is 14.9. The van der Waals surface area contributed by atoms with Crippen LogP contribution in [0.1, 0.15) is 29.8 Å². The SMILES string of the molecule is Cc1nn(C)c(NC(C)c2ccccc2Cl)c1C(N)=S. The number of nitrogens with one attached hydrogen (secondary N) is 1. The molecule has 4 nitrogen and oxygen atoms in total. The Hall–Kier alpha value is -1.59. The van der Waals surface area contributed by atoms with Gasteiger partial charge in [-0.1, -0.05) is 42.0 Å². The Kier molecular flexibility index (Phi) is 4.30. The van der Waals surface area contributed by atoms with Crippen LogP contribution in [0.3, 0.4) is 0 Å². The third kappa shape index (κ3) is 2.78. The molecule has 0 saturated heterocycles. The van der Waals surface area contributed by atoms with Crippen LogP contribution in [0.15, 0.2) is 24.3 Å². The summed E-state index contributed by atoms with van der Waals surface area (Å²) in [6.07, 6.45) is 0. The van der Waals surface area contributed by atoms with Crippen molar-refractivity contribution in [1.82, 2.24) is 9.78 Å². The zero-order valence-corrected chi connectivity index (χ0v) is 13.2. The Morgan fingerprint density at radius 3 is 2.70 bits per heavy atom. The molecule has 0 bridgehead atoms. The molecule has 2 aromatic rings. The Labute approximate surface area is 128 Å². The average molecular weight is 309 g/mol. The van der Waals surface area contributed by atoms with Crippen molar-refractivity contribution in [3.8, 4) is 0 Å². The molecule has 0 radical (unpaired) electrons. The summed E-state index contributed by atoms with van der Waals surface area (Å²) >= 11 is 11.3. The lowest BCUT2D eigenvalue weighted by Crippen LogP contribution is -2.16. The number of hydrogen-bond donors (Lipinski definition) is 2. The highest BCUT2D eigenvalue weighted by Crippen LogP contribution is 2.28. The van der Waals surface area contributed by atoms with Crippen LogP contribution in [-0.2, 0) is 7.05 Å². The Morgan fingerprint density at radius 1 is 1.45 bits per heavy atom. The quantitative estimate of drug-likeness (QED) is 0.852. The third-order valence-corrected chi connectivity index (χ3v) is 3.74. The van der Waals surface area contributed by atoms with Crippen molar-refractivity contribution in [1.29, 1.82) is 0 Å². The van der Waals surface area contributed by atoms with Gasteiger partial charge in [0.1, 0.15) is 10.8 Å². The minimum atomic E-state index is 0.0200. The molecule has 1 aromatic heterocycles. The van der Waals surface area contributed by atoms with E-state index in [1.807, 2.05) is 45.2 Å². The highest BCUT2D eigenvalue weighted by atomic mass is 35.5. The lowest BCUT2D eigenvalue weighted by molar-refractivity contribution is 0.742. The van der Waals surface area contributed by atoms with Gasteiger partial charge in [0, 0.05) is 12.1 Å². The summed E-state index contributed by atoms with van der Waals surface area (Å²) in [5.74, 6) is 0.808. The zero-order valence-electron chi connectivity index (χ0n) is 11.6.